The van der Waals surface area contributed by atoms with Crippen LogP contribution in [-0.4, -0.2) is 28.3 Å². The van der Waals surface area contributed by atoms with Crippen molar-refractivity contribution in [3.8, 4) is 5.75 Å². The van der Waals surface area contributed by atoms with E-state index >= 15 is 0 Å². The number of amides is 1. The van der Waals surface area contributed by atoms with Crippen molar-refractivity contribution in [1.29, 1.82) is 0 Å². The van der Waals surface area contributed by atoms with E-state index in [0.717, 1.165) is 16.7 Å². The molecule has 1 N–H and O–H groups in total. The average molecular weight is 336 g/mol. The summed E-state index contributed by atoms with van der Waals surface area (Å²) in [6.07, 6.45) is 0. The Hall–Kier alpha value is -1.16. The van der Waals surface area contributed by atoms with Crippen LogP contribution >= 0.6 is 11.8 Å². The number of carbonyl (C=O) groups excluding carboxylic acids is 1. The zero-order valence-electron chi connectivity index (χ0n) is 15.5. The fraction of sp³-hybridized carbons (Fsp3) is 0.632. The van der Waals surface area contributed by atoms with Crippen LogP contribution in [0.5, 0.6) is 5.75 Å². The van der Waals surface area contributed by atoms with Crippen LogP contribution in [-0.2, 0) is 15.6 Å². The van der Waals surface area contributed by atoms with Crippen LogP contribution in [0.2, 0.25) is 0 Å². The second-order valence-corrected chi connectivity index (χ2v) is 9.91. The number of aromatic hydroxyl groups is 1. The average Bonchev–Trinajstić information content (AvgIpc) is 2.63. The Balaban J connectivity index is 2.73. The summed E-state index contributed by atoms with van der Waals surface area (Å²) >= 11 is 1.69. The summed E-state index contributed by atoms with van der Waals surface area (Å²) in [6, 6.07) is 3.69. The van der Waals surface area contributed by atoms with E-state index in [1.807, 2.05) is 18.0 Å². The Kier molecular flexibility index (Phi) is 4.53. The maximum Gasteiger partial charge on any atom is 0.240 e. The molecule has 1 aliphatic heterocycles. The van der Waals surface area contributed by atoms with Gasteiger partial charge in [0.25, 0.3) is 0 Å². The maximum atomic E-state index is 12.7. The fourth-order valence-electron chi connectivity index (χ4n) is 3.31. The number of likely N-dealkylation sites (N-methyl/N-ethyl adjacent to an activating group) is 1. The lowest BCUT2D eigenvalue weighted by Gasteiger charge is -2.34. The number of thioether (sulfide) groups is 1. The van der Waals surface area contributed by atoms with Gasteiger partial charge in [-0.15, -0.1) is 11.8 Å². The van der Waals surface area contributed by atoms with Crippen molar-refractivity contribution in [3.63, 3.8) is 0 Å². The molecule has 0 spiro atoms. The molecule has 3 nitrogen and oxygen atoms in total. The van der Waals surface area contributed by atoms with E-state index in [2.05, 4.69) is 48.5 Å². The van der Waals surface area contributed by atoms with Gasteiger partial charge in [-0.1, -0.05) is 47.6 Å². The van der Waals surface area contributed by atoms with Crippen LogP contribution in [0.1, 0.15) is 70.4 Å². The van der Waals surface area contributed by atoms with Gasteiger partial charge in [0.15, 0.2) is 0 Å². The van der Waals surface area contributed by atoms with E-state index in [0.29, 0.717) is 5.75 Å². The first-order chi connectivity index (χ1) is 10.4. The highest BCUT2D eigenvalue weighted by Gasteiger charge is 2.41. The van der Waals surface area contributed by atoms with Crippen molar-refractivity contribution in [1.82, 2.24) is 4.90 Å². The smallest absolute Gasteiger partial charge is 0.240 e. The molecule has 1 fully saturated rings. The molecule has 1 heterocycles. The van der Waals surface area contributed by atoms with Gasteiger partial charge in [0, 0.05) is 12.6 Å². The number of hydrogen-bond acceptors (Lipinski definition) is 3. The largest absolute Gasteiger partial charge is 0.508 e. The van der Waals surface area contributed by atoms with Gasteiger partial charge in [0.2, 0.25) is 5.91 Å². The van der Waals surface area contributed by atoms with Gasteiger partial charge < -0.3 is 10.0 Å². The first-order valence-electron chi connectivity index (χ1n) is 8.14. The lowest BCUT2D eigenvalue weighted by atomic mass is 9.72. The van der Waals surface area contributed by atoms with Gasteiger partial charge in [-0.25, -0.2) is 0 Å². The maximum absolute atomic E-state index is 12.7. The second-order valence-electron chi connectivity index (χ2n) is 8.49. The molecule has 0 saturated carbocycles. The van der Waals surface area contributed by atoms with Crippen LogP contribution in [0.25, 0.3) is 0 Å². The lowest BCUT2D eigenvalue weighted by Crippen LogP contribution is -2.29. The monoisotopic (exact) mass is 335 g/mol. The van der Waals surface area contributed by atoms with Crippen molar-refractivity contribution < 1.29 is 9.90 Å². The fourth-order valence-corrected chi connectivity index (χ4v) is 4.62. The Bertz CT molecular complexity index is 625. The summed E-state index contributed by atoms with van der Waals surface area (Å²) in [5, 5.41) is 10.5. The Morgan fingerprint density at radius 3 is 1.96 bits per heavy atom. The molecule has 2 unspecified atom stereocenters. The van der Waals surface area contributed by atoms with E-state index in [4.69, 9.17) is 0 Å². The van der Waals surface area contributed by atoms with Gasteiger partial charge in [-0.05, 0) is 34.9 Å². The molecule has 128 valence electrons. The third-order valence-corrected chi connectivity index (χ3v) is 5.89. The summed E-state index contributed by atoms with van der Waals surface area (Å²) < 4.78 is 0. The van der Waals surface area contributed by atoms with Crippen molar-refractivity contribution >= 4 is 17.7 Å². The van der Waals surface area contributed by atoms with E-state index < -0.39 is 0 Å². The normalized spacial score (nSPS) is 22.8. The van der Waals surface area contributed by atoms with Crippen molar-refractivity contribution in [2.45, 2.75) is 69.9 Å². The zero-order chi connectivity index (χ0) is 17.7. The molecule has 2 atom stereocenters. The molecule has 0 radical (unpaired) electrons. The molecule has 0 bridgehead atoms. The highest BCUT2D eigenvalue weighted by atomic mass is 32.2. The molecule has 2 rings (SSSR count). The molecule has 0 aromatic heterocycles. The van der Waals surface area contributed by atoms with Crippen molar-refractivity contribution in [2.75, 3.05) is 7.05 Å². The number of rotatable bonds is 1. The molecule has 1 aliphatic rings. The van der Waals surface area contributed by atoms with Crippen LogP contribution in [0.15, 0.2) is 12.1 Å². The highest BCUT2D eigenvalue weighted by Crippen LogP contribution is 2.49. The molecule has 23 heavy (non-hydrogen) atoms. The van der Waals surface area contributed by atoms with E-state index in [-0.39, 0.29) is 27.4 Å². The third kappa shape index (κ3) is 3.23. The number of hydrogen-bond donors (Lipinski definition) is 1. The summed E-state index contributed by atoms with van der Waals surface area (Å²) in [5.41, 5.74) is 2.77. The standard InChI is InChI=1S/C19H29NO2S/c1-11-20(8)17(22)16(23-11)12-9-10-13(21)15(19(5,6)7)14(12)18(2,3)4/h9-11,16,21H,1-8H3. The van der Waals surface area contributed by atoms with Crippen molar-refractivity contribution in [3.05, 3.63) is 28.8 Å². The van der Waals surface area contributed by atoms with Gasteiger partial charge >= 0.3 is 0 Å². The molecule has 1 aromatic rings. The Morgan fingerprint density at radius 2 is 1.57 bits per heavy atom. The van der Waals surface area contributed by atoms with E-state index in [1.54, 1.807) is 17.8 Å². The van der Waals surface area contributed by atoms with E-state index in [1.165, 1.54) is 0 Å². The minimum absolute atomic E-state index is 0.151. The van der Waals surface area contributed by atoms with Gasteiger partial charge in [-0.2, -0.15) is 0 Å². The lowest BCUT2D eigenvalue weighted by molar-refractivity contribution is -0.128. The Labute approximate surface area is 144 Å². The number of benzene rings is 1. The third-order valence-electron chi connectivity index (χ3n) is 4.45. The topological polar surface area (TPSA) is 40.5 Å². The molecule has 0 aliphatic carbocycles. The molecule has 1 aromatic carbocycles. The number of phenols is 1. The quantitative estimate of drug-likeness (QED) is 0.816. The first-order valence-corrected chi connectivity index (χ1v) is 9.09. The number of carbonyl (C=O) groups is 1. The van der Waals surface area contributed by atoms with E-state index in [9.17, 15) is 9.90 Å². The number of nitrogens with zero attached hydrogens (tertiary/aromatic N) is 1. The van der Waals surface area contributed by atoms with Crippen LogP contribution in [0, 0.1) is 0 Å². The molecule has 1 amide bonds. The highest BCUT2D eigenvalue weighted by molar-refractivity contribution is 8.01. The predicted octanol–water partition coefficient (Wildman–Crippen LogP) is 4.58. The summed E-state index contributed by atoms with van der Waals surface area (Å²) in [5.74, 6) is 0.474. The predicted molar refractivity (Wildman–Crippen MR) is 98.1 cm³/mol. The minimum Gasteiger partial charge on any atom is -0.508 e. The minimum atomic E-state index is -0.189. The molecular formula is C19H29NO2S. The van der Waals surface area contributed by atoms with Crippen LogP contribution in [0.3, 0.4) is 0 Å². The Morgan fingerprint density at radius 1 is 1.04 bits per heavy atom. The summed E-state index contributed by atoms with van der Waals surface area (Å²) in [7, 11) is 1.86. The second kappa shape index (κ2) is 5.73. The first kappa shape index (κ1) is 18.2. The summed E-state index contributed by atoms with van der Waals surface area (Å²) in [4.78, 5) is 14.5. The molecule has 1 saturated heterocycles. The van der Waals surface area contributed by atoms with Crippen molar-refractivity contribution in [2.24, 2.45) is 0 Å². The van der Waals surface area contributed by atoms with Gasteiger partial charge in [0.05, 0.1) is 5.37 Å². The van der Waals surface area contributed by atoms with Crippen LogP contribution in [0.4, 0.5) is 0 Å². The van der Waals surface area contributed by atoms with Crippen LogP contribution < -0.4 is 0 Å². The molecule has 4 heteroatoms. The zero-order valence-corrected chi connectivity index (χ0v) is 16.3. The number of phenolic OH excluding ortho intramolecular Hbond substituents is 1. The van der Waals surface area contributed by atoms with Gasteiger partial charge in [0.1, 0.15) is 11.0 Å². The molecular weight excluding hydrogens is 306 g/mol. The SMILES string of the molecule is CC1SC(c2ccc(O)c(C(C)(C)C)c2C(C)(C)C)C(=O)N1C. The van der Waals surface area contributed by atoms with Gasteiger partial charge in [-0.3, -0.25) is 4.79 Å². The summed E-state index contributed by atoms with van der Waals surface area (Å²) in [6.45, 7) is 14.8.